The van der Waals surface area contributed by atoms with E-state index in [9.17, 15) is 4.79 Å². The van der Waals surface area contributed by atoms with Gasteiger partial charge in [0, 0.05) is 20.3 Å². The normalized spacial score (nSPS) is 14.6. The van der Waals surface area contributed by atoms with Crippen molar-refractivity contribution < 1.29 is 4.79 Å². The molecule has 1 rings (SSSR count). The van der Waals surface area contributed by atoms with Gasteiger partial charge in [0.25, 0.3) is 0 Å². The van der Waals surface area contributed by atoms with Crippen molar-refractivity contribution >= 4 is 11.6 Å². The van der Waals surface area contributed by atoms with Crippen LogP contribution in [-0.4, -0.2) is 28.3 Å². The van der Waals surface area contributed by atoms with E-state index in [1.165, 1.54) is 0 Å². The van der Waals surface area contributed by atoms with Crippen LogP contribution >= 0.6 is 0 Å². The fourth-order valence-electron chi connectivity index (χ4n) is 1.71. The van der Waals surface area contributed by atoms with Crippen molar-refractivity contribution in [2.75, 3.05) is 11.9 Å². The van der Waals surface area contributed by atoms with Gasteiger partial charge in [0.2, 0.25) is 5.91 Å². The summed E-state index contributed by atoms with van der Waals surface area (Å²) < 4.78 is 1.66. The predicted octanol–water partition coefficient (Wildman–Crippen LogP) is 0.900. The van der Waals surface area contributed by atoms with E-state index in [1.54, 1.807) is 35.9 Å². The first-order valence-electron chi connectivity index (χ1n) is 5.44. The molecule has 1 heterocycles. The second-order valence-corrected chi connectivity index (χ2v) is 4.40. The van der Waals surface area contributed by atoms with Crippen molar-refractivity contribution in [2.45, 2.75) is 32.2 Å². The fraction of sp³-hybridized carbons (Fsp3) is 0.636. The van der Waals surface area contributed by atoms with Crippen LogP contribution < -0.4 is 10.6 Å². The number of carbonyl (C=O) groups excluding carboxylic acids is 1. The fourth-order valence-corrected chi connectivity index (χ4v) is 1.71. The van der Waals surface area contributed by atoms with Crippen LogP contribution in [0.5, 0.6) is 0 Å². The Hall–Kier alpha value is -1.36. The van der Waals surface area contributed by atoms with Crippen LogP contribution in [0, 0.1) is 0 Å². The zero-order valence-corrected chi connectivity index (χ0v) is 10.4. The molecule has 1 unspecified atom stereocenters. The highest BCUT2D eigenvalue weighted by atomic mass is 16.2. The Morgan fingerprint density at radius 1 is 1.69 bits per heavy atom. The second-order valence-electron chi connectivity index (χ2n) is 4.40. The number of hydrogen-bond acceptors (Lipinski definition) is 3. The van der Waals surface area contributed by atoms with E-state index in [1.807, 2.05) is 14.0 Å². The number of likely N-dealkylation sites (N-methyl/N-ethyl adjacent to an activating group) is 1. The summed E-state index contributed by atoms with van der Waals surface area (Å²) in [5.74, 6) is -0.0812. The van der Waals surface area contributed by atoms with Crippen LogP contribution in [0.25, 0.3) is 0 Å². The largest absolute Gasteiger partial charge is 0.318 e. The molecule has 2 N–H and O–H groups in total. The lowest BCUT2D eigenvalue weighted by Gasteiger charge is -2.28. The Labute approximate surface area is 96.2 Å². The van der Waals surface area contributed by atoms with Crippen LogP contribution in [0.3, 0.4) is 0 Å². The highest BCUT2D eigenvalue weighted by Gasteiger charge is 2.31. The van der Waals surface area contributed by atoms with Crippen LogP contribution in [0.1, 0.15) is 26.7 Å². The van der Waals surface area contributed by atoms with Crippen molar-refractivity contribution in [2.24, 2.45) is 12.8 Å². The molecular formula is C11H20N4O. The van der Waals surface area contributed by atoms with Gasteiger partial charge in [-0.15, -0.1) is 0 Å². The third-order valence-corrected chi connectivity index (χ3v) is 2.64. The van der Waals surface area contributed by atoms with E-state index in [0.717, 1.165) is 12.1 Å². The summed E-state index contributed by atoms with van der Waals surface area (Å²) >= 11 is 0. The summed E-state index contributed by atoms with van der Waals surface area (Å²) in [7, 11) is 3.54. The van der Waals surface area contributed by atoms with E-state index in [2.05, 4.69) is 5.10 Å². The maximum atomic E-state index is 12.1. The Morgan fingerprint density at radius 2 is 2.31 bits per heavy atom. The SMILES string of the molecule is CCCC(C)(N)C(=O)N(C)c1cnn(C)c1. The lowest BCUT2D eigenvalue weighted by atomic mass is 9.96. The van der Waals surface area contributed by atoms with E-state index in [0.29, 0.717) is 6.42 Å². The molecule has 90 valence electrons. The topological polar surface area (TPSA) is 64.2 Å². The van der Waals surface area contributed by atoms with E-state index in [-0.39, 0.29) is 5.91 Å². The minimum atomic E-state index is -0.806. The monoisotopic (exact) mass is 224 g/mol. The molecule has 0 aliphatic heterocycles. The van der Waals surface area contributed by atoms with Crippen molar-refractivity contribution in [1.82, 2.24) is 9.78 Å². The van der Waals surface area contributed by atoms with Gasteiger partial charge < -0.3 is 10.6 Å². The Morgan fingerprint density at radius 3 is 2.75 bits per heavy atom. The first-order chi connectivity index (χ1) is 7.38. The number of amides is 1. The quantitative estimate of drug-likeness (QED) is 0.826. The van der Waals surface area contributed by atoms with Crippen molar-refractivity contribution in [1.29, 1.82) is 0 Å². The zero-order chi connectivity index (χ0) is 12.3. The number of rotatable bonds is 4. The summed E-state index contributed by atoms with van der Waals surface area (Å²) in [6, 6.07) is 0. The Balaban J connectivity index is 2.82. The zero-order valence-electron chi connectivity index (χ0n) is 10.4. The molecule has 0 saturated carbocycles. The first kappa shape index (κ1) is 12.7. The summed E-state index contributed by atoms with van der Waals surface area (Å²) in [5.41, 5.74) is 5.96. The molecule has 0 radical (unpaired) electrons. The molecule has 1 aromatic heterocycles. The number of anilines is 1. The molecule has 5 nitrogen and oxygen atoms in total. The van der Waals surface area contributed by atoms with Gasteiger partial charge in [-0.2, -0.15) is 5.10 Å². The minimum absolute atomic E-state index is 0.0812. The van der Waals surface area contributed by atoms with Crippen molar-refractivity contribution in [3.8, 4) is 0 Å². The number of carbonyl (C=O) groups is 1. The molecule has 1 atom stereocenters. The molecule has 1 aromatic rings. The lowest BCUT2D eigenvalue weighted by Crippen LogP contribution is -2.52. The number of aryl methyl sites for hydroxylation is 1. The summed E-state index contributed by atoms with van der Waals surface area (Å²) in [4.78, 5) is 13.7. The van der Waals surface area contributed by atoms with Crippen LogP contribution in [0.2, 0.25) is 0 Å². The number of nitrogens with two attached hydrogens (primary N) is 1. The standard InChI is InChI=1S/C11H20N4O/c1-5-6-11(2,12)10(16)15(4)9-7-13-14(3)8-9/h7-8H,5-6,12H2,1-4H3. The van der Waals surface area contributed by atoms with E-state index < -0.39 is 5.54 Å². The lowest BCUT2D eigenvalue weighted by molar-refractivity contribution is -0.123. The number of nitrogens with zero attached hydrogens (tertiary/aromatic N) is 3. The molecule has 0 saturated heterocycles. The number of aromatic nitrogens is 2. The van der Waals surface area contributed by atoms with Gasteiger partial charge >= 0.3 is 0 Å². The Kier molecular flexibility index (Phi) is 3.70. The van der Waals surface area contributed by atoms with Crippen LogP contribution in [0.15, 0.2) is 12.4 Å². The average molecular weight is 224 g/mol. The Bertz CT molecular complexity index is 370. The number of hydrogen-bond donors (Lipinski definition) is 1. The minimum Gasteiger partial charge on any atom is -0.318 e. The van der Waals surface area contributed by atoms with E-state index in [4.69, 9.17) is 5.73 Å². The van der Waals surface area contributed by atoms with Gasteiger partial charge in [-0.3, -0.25) is 9.48 Å². The molecule has 0 aliphatic carbocycles. The highest BCUT2D eigenvalue weighted by molar-refractivity contribution is 5.99. The van der Waals surface area contributed by atoms with Gasteiger partial charge in [-0.25, -0.2) is 0 Å². The molecule has 0 fully saturated rings. The van der Waals surface area contributed by atoms with Crippen LogP contribution in [0.4, 0.5) is 5.69 Å². The summed E-state index contributed by atoms with van der Waals surface area (Å²) in [6.45, 7) is 3.79. The molecule has 0 aliphatic rings. The third kappa shape index (κ3) is 2.61. The van der Waals surface area contributed by atoms with Crippen molar-refractivity contribution in [3.63, 3.8) is 0 Å². The maximum absolute atomic E-state index is 12.1. The molecular weight excluding hydrogens is 204 g/mol. The van der Waals surface area contributed by atoms with Gasteiger partial charge in [-0.1, -0.05) is 13.3 Å². The van der Waals surface area contributed by atoms with Gasteiger partial charge in [0.05, 0.1) is 17.4 Å². The third-order valence-electron chi connectivity index (χ3n) is 2.64. The molecule has 1 amide bonds. The maximum Gasteiger partial charge on any atom is 0.246 e. The van der Waals surface area contributed by atoms with Crippen LogP contribution in [-0.2, 0) is 11.8 Å². The molecule has 0 spiro atoms. The second kappa shape index (κ2) is 4.65. The molecule has 16 heavy (non-hydrogen) atoms. The summed E-state index contributed by atoms with van der Waals surface area (Å²) in [6.07, 6.45) is 5.01. The van der Waals surface area contributed by atoms with Gasteiger partial charge in [0.15, 0.2) is 0 Å². The van der Waals surface area contributed by atoms with Crippen molar-refractivity contribution in [3.05, 3.63) is 12.4 Å². The first-order valence-corrected chi connectivity index (χ1v) is 5.44. The predicted molar refractivity (Wildman–Crippen MR) is 64.1 cm³/mol. The molecule has 5 heteroatoms. The smallest absolute Gasteiger partial charge is 0.246 e. The summed E-state index contributed by atoms with van der Waals surface area (Å²) in [5, 5.41) is 4.03. The highest BCUT2D eigenvalue weighted by Crippen LogP contribution is 2.17. The molecule has 0 bridgehead atoms. The van der Waals surface area contributed by atoms with Gasteiger partial charge in [-0.05, 0) is 13.3 Å². The van der Waals surface area contributed by atoms with Gasteiger partial charge in [0.1, 0.15) is 0 Å². The molecule has 0 aromatic carbocycles. The van der Waals surface area contributed by atoms with E-state index >= 15 is 0 Å². The average Bonchev–Trinajstić information content (AvgIpc) is 2.62.